The molecular formula is C13H16N4O3. The van der Waals surface area contributed by atoms with E-state index < -0.39 is 17.8 Å². The van der Waals surface area contributed by atoms with E-state index in [1.165, 1.54) is 4.90 Å². The molecule has 1 aromatic rings. The third-order valence-corrected chi connectivity index (χ3v) is 3.11. The summed E-state index contributed by atoms with van der Waals surface area (Å²) in [5.41, 5.74) is 8.79. The van der Waals surface area contributed by atoms with Crippen LogP contribution < -0.4 is 4.90 Å². The first-order valence-corrected chi connectivity index (χ1v) is 6.24. The van der Waals surface area contributed by atoms with Gasteiger partial charge in [-0.2, -0.15) is 0 Å². The van der Waals surface area contributed by atoms with Gasteiger partial charge in [-0.3, -0.25) is 4.90 Å². The molecule has 7 heteroatoms. The van der Waals surface area contributed by atoms with Gasteiger partial charge in [-0.15, -0.1) is 0 Å². The lowest BCUT2D eigenvalue weighted by Gasteiger charge is -2.19. The molecule has 1 aliphatic rings. The van der Waals surface area contributed by atoms with Gasteiger partial charge in [0, 0.05) is 10.6 Å². The van der Waals surface area contributed by atoms with Gasteiger partial charge in [-0.25, -0.2) is 4.79 Å². The van der Waals surface area contributed by atoms with Gasteiger partial charge in [0.15, 0.2) is 0 Å². The maximum Gasteiger partial charge on any atom is 0.414 e. The second-order valence-corrected chi connectivity index (χ2v) is 5.14. The fourth-order valence-electron chi connectivity index (χ4n) is 2.00. The van der Waals surface area contributed by atoms with E-state index in [1.54, 1.807) is 38.1 Å². The number of carbonyl (C=O) groups excluding carboxylic acids is 1. The summed E-state index contributed by atoms with van der Waals surface area (Å²) >= 11 is 0. The van der Waals surface area contributed by atoms with Crippen LogP contribution in [0.4, 0.5) is 10.5 Å². The molecular weight excluding hydrogens is 260 g/mol. The van der Waals surface area contributed by atoms with E-state index >= 15 is 0 Å². The number of anilines is 1. The van der Waals surface area contributed by atoms with E-state index in [4.69, 9.17) is 10.3 Å². The molecule has 20 heavy (non-hydrogen) atoms. The van der Waals surface area contributed by atoms with Crippen molar-refractivity contribution in [3.8, 4) is 0 Å². The van der Waals surface area contributed by atoms with Crippen LogP contribution in [0.2, 0.25) is 0 Å². The standard InChI is InChI=1S/C13H16N4O3/c1-13(2,19)9-3-5-10(6-4-9)17-8-11(7-15-16-14)20-12(17)18/h3-6,11,19H,7-8H2,1-2H3. The first-order valence-electron chi connectivity index (χ1n) is 6.24. The van der Waals surface area contributed by atoms with E-state index in [-0.39, 0.29) is 6.54 Å². The quantitative estimate of drug-likeness (QED) is 0.519. The molecule has 1 unspecified atom stereocenters. The van der Waals surface area contributed by atoms with Crippen LogP contribution in [0.25, 0.3) is 10.4 Å². The molecule has 0 spiro atoms. The molecule has 1 heterocycles. The summed E-state index contributed by atoms with van der Waals surface area (Å²) in [5, 5.41) is 13.3. The van der Waals surface area contributed by atoms with E-state index in [0.717, 1.165) is 5.56 Å². The highest BCUT2D eigenvalue weighted by molar-refractivity contribution is 5.89. The van der Waals surface area contributed by atoms with Crippen LogP contribution >= 0.6 is 0 Å². The minimum absolute atomic E-state index is 0.125. The third kappa shape index (κ3) is 3.01. The SMILES string of the molecule is CC(C)(O)c1ccc(N2CC(CN=[N+]=[N-])OC2=O)cc1. The molecule has 1 N–H and O–H groups in total. The molecule has 1 saturated heterocycles. The number of cyclic esters (lactones) is 1. The zero-order valence-electron chi connectivity index (χ0n) is 11.4. The van der Waals surface area contributed by atoms with Crippen molar-refractivity contribution in [1.82, 2.24) is 0 Å². The molecule has 1 atom stereocenters. The molecule has 1 aliphatic heterocycles. The number of hydrogen-bond donors (Lipinski definition) is 1. The zero-order chi connectivity index (χ0) is 14.8. The van der Waals surface area contributed by atoms with Gasteiger partial charge in [0.25, 0.3) is 0 Å². The molecule has 1 amide bonds. The Morgan fingerprint density at radius 2 is 2.15 bits per heavy atom. The summed E-state index contributed by atoms with van der Waals surface area (Å²) < 4.78 is 5.10. The van der Waals surface area contributed by atoms with Crippen LogP contribution in [-0.4, -0.2) is 30.4 Å². The first kappa shape index (κ1) is 14.2. The second kappa shape index (κ2) is 5.40. The van der Waals surface area contributed by atoms with Crippen LogP contribution in [0.15, 0.2) is 29.4 Å². The molecule has 106 valence electrons. The Labute approximate surface area is 116 Å². The second-order valence-electron chi connectivity index (χ2n) is 5.14. The molecule has 1 fully saturated rings. The number of nitrogens with zero attached hydrogens (tertiary/aromatic N) is 4. The first-order chi connectivity index (χ1) is 9.41. The van der Waals surface area contributed by atoms with Crippen LogP contribution in [0.3, 0.4) is 0 Å². The van der Waals surface area contributed by atoms with Crippen LogP contribution in [0.1, 0.15) is 19.4 Å². The number of azide groups is 1. The van der Waals surface area contributed by atoms with E-state index in [0.29, 0.717) is 12.2 Å². The summed E-state index contributed by atoms with van der Waals surface area (Å²) in [4.78, 5) is 15.9. The molecule has 1 aromatic carbocycles. The molecule has 0 aromatic heterocycles. The number of aliphatic hydroxyl groups is 1. The average Bonchev–Trinajstić information content (AvgIpc) is 2.77. The Morgan fingerprint density at radius 1 is 1.50 bits per heavy atom. The lowest BCUT2D eigenvalue weighted by atomic mass is 9.98. The van der Waals surface area contributed by atoms with Gasteiger partial charge in [-0.1, -0.05) is 17.2 Å². The fraction of sp³-hybridized carbons (Fsp3) is 0.462. The third-order valence-electron chi connectivity index (χ3n) is 3.11. The topological polar surface area (TPSA) is 98.5 Å². The fourth-order valence-corrected chi connectivity index (χ4v) is 2.00. The molecule has 2 rings (SSSR count). The smallest absolute Gasteiger partial charge is 0.414 e. The number of ether oxygens (including phenoxy) is 1. The van der Waals surface area contributed by atoms with Gasteiger partial charge < -0.3 is 9.84 Å². The predicted molar refractivity (Wildman–Crippen MR) is 73.3 cm³/mol. The molecule has 0 bridgehead atoms. The summed E-state index contributed by atoms with van der Waals surface area (Å²) in [7, 11) is 0. The van der Waals surface area contributed by atoms with Crippen molar-refractivity contribution in [2.75, 3.05) is 18.0 Å². The monoisotopic (exact) mass is 276 g/mol. The maximum atomic E-state index is 11.7. The van der Waals surface area contributed by atoms with Gasteiger partial charge in [0.1, 0.15) is 6.10 Å². The molecule has 0 radical (unpaired) electrons. The summed E-state index contributed by atoms with van der Waals surface area (Å²) in [6.45, 7) is 3.87. The van der Waals surface area contributed by atoms with Gasteiger partial charge in [0.2, 0.25) is 0 Å². The molecule has 0 saturated carbocycles. The van der Waals surface area contributed by atoms with Crippen LogP contribution in [0, 0.1) is 0 Å². The largest absolute Gasteiger partial charge is 0.444 e. The Bertz CT molecular complexity index is 544. The average molecular weight is 276 g/mol. The van der Waals surface area contributed by atoms with E-state index in [9.17, 15) is 9.90 Å². The van der Waals surface area contributed by atoms with Crippen molar-refractivity contribution in [3.63, 3.8) is 0 Å². The van der Waals surface area contributed by atoms with Crippen LogP contribution in [0.5, 0.6) is 0 Å². The predicted octanol–water partition coefficient (Wildman–Crippen LogP) is 2.55. The number of hydrogen-bond acceptors (Lipinski definition) is 4. The van der Waals surface area contributed by atoms with Gasteiger partial charge >= 0.3 is 6.09 Å². The minimum Gasteiger partial charge on any atom is -0.444 e. The normalized spacial score (nSPS) is 18.6. The Morgan fingerprint density at radius 3 is 2.70 bits per heavy atom. The number of carbonyl (C=O) groups is 1. The highest BCUT2D eigenvalue weighted by Crippen LogP contribution is 2.26. The minimum atomic E-state index is -0.923. The maximum absolute atomic E-state index is 11.7. The molecule has 7 nitrogen and oxygen atoms in total. The Balaban J connectivity index is 2.12. The highest BCUT2D eigenvalue weighted by Gasteiger charge is 2.32. The van der Waals surface area contributed by atoms with Crippen molar-refractivity contribution in [3.05, 3.63) is 40.3 Å². The number of benzene rings is 1. The van der Waals surface area contributed by atoms with Crippen molar-refractivity contribution in [1.29, 1.82) is 0 Å². The van der Waals surface area contributed by atoms with Crippen LogP contribution in [-0.2, 0) is 10.3 Å². The van der Waals surface area contributed by atoms with E-state index in [1.807, 2.05) is 0 Å². The Hall–Kier alpha value is -2.24. The zero-order valence-corrected chi connectivity index (χ0v) is 11.4. The summed E-state index contributed by atoms with van der Waals surface area (Å²) in [6, 6.07) is 7.04. The molecule has 0 aliphatic carbocycles. The lowest BCUT2D eigenvalue weighted by molar-refractivity contribution is 0.0786. The highest BCUT2D eigenvalue weighted by atomic mass is 16.6. The number of amides is 1. The summed E-state index contributed by atoms with van der Waals surface area (Å²) in [5.74, 6) is 0. The van der Waals surface area contributed by atoms with Crippen molar-refractivity contribution in [2.24, 2.45) is 5.11 Å². The Kier molecular flexibility index (Phi) is 3.83. The number of rotatable bonds is 4. The lowest BCUT2D eigenvalue weighted by Crippen LogP contribution is -2.25. The summed E-state index contributed by atoms with van der Waals surface area (Å²) in [6.07, 6.45) is -0.883. The van der Waals surface area contributed by atoms with Gasteiger partial charge in [0.05, 0.1) is 18.7 Å². The van der Waals surface area contributed by atoms with Crippen molar-refractivity contribution in [2.45, 2.75) is 25.6 Å². The van der Waals surface area contributed by atoms with Gasteiger partial charge in [-0.05, 0) is 37.1 Å². The van der Waals surface area contributed by atoms with Crippen molar-refractivity contribution >= 4 is 11.8 Å². The van der Waals surface area contributed by atoms with E-state index in [2.05, 4.69) is 10.0 Å². The van der Waals surface area contributed by atoms with Crippen molar-refractivity contribution < 1.29 is 14.6 Å².